The topological polar surface area (TPSA) is 42.4 Å². The summed E-state index contributed by atoms with van der Waals surface area (Å²) in [4.78, 5) is 19.3. The van der Waals surface area contributed by atoms with Crippen LogP contribution in [0.15, 0.2) is 6.07 Å². The molecule has 1 aliphatic heterocycles. The number of hydrogen-bond acceptors (Lipinski definition) is 4. The van der Waals surface area contributed by atoms with Gasteiger partial charge in [-0.3, -0.25) is 9.88 Å². The highest BCUT2D eigenvalue weighted by molar-refractivity contribution is 5.91. The van der Waals surface area contributed by atoms with Crippen LogP contribution in [0.5, 0.6) is 0 Å². The van der Waals surface area contributed by atoms with Crippen molar-refractivity contribution < 1.29 is 9.53 Å². The molecule has 1 aromatic heterocycles. The third-order valence-electron chi connectivity index (χ3n) is 3.77. The van der Waals surface area contributed by atoms with Gasteiger partial charge in [-0.25, -0.2) is 4.79 Å². The molecule has 1 aromatic rings. The van der Waals surface area contributed by atoms with E-state index in [2.05, 4.69) is 25.7 Å². The van der Waals surface area contributed by atoms with Gasteiger partial charge in [-0.15, -0.1) is 0 Å². The Kier molecular flexibility index (Phi) is 4.76. The number of rotatable bonds is 4. The maximum absolute atomic E-state index is 12.1. The van der Waals surface area contributed by atoms with Gasteiger partial charge in [0.05, 0.1) is 17.9 Å². The Morgan fingerprint density at radius 3 is 2.80 bits per heavy atom. The number of likely N-dealkylation sites (N-methyl/N-ethyl adjacent to an activating group) is 1. The van der Waals surface area contributed by atoms with Crippen LogP contribution in [0.2, 0.25) is 0 Å². The van der Waals surface area contributed by atoms with Gasteiger partial charge in [0.15, 0.2) is 0 Å². The molecule has 4 heteroatoms. The lowest BCUT2D eigenvalue weighted by molar-refractivity contribution is 0.0523. The molecule has 0 unspecified atom stereocenters. The predicted octanol–water partition coefficient (Wildman–Crippen LogP) is 2.76. The minimum atomic E-state index is -0.250. The summed E-state index contributed by atoms with van der Waals surface area (Å²) in [5.41, 5.74) is 3.82. The molecule has 0 amide bonds. The Morgan fingerprint density at radius 2 is 2.20 bits per heavy atom. The lowest BCUT2D eigenvalue weighted by Crippen LogP contribution is -2.31. The van der Waals surface area contributed by atoms with Crippen molar-refractivity contribution in [1.82, 2.24) is 9.88 Å². The van der Waals surface area contributed by atoms with Crippen LogP contribution >= 0.6 is 0 Å². The Morgan fingerprint density at radius 1 is 1.45 bits per heavy atom. The minimum absolute atomic E-state index is 0.226. The van der Waals surface area contributed by atoms with Gasteiger partial charge >= 0.3 is 5.97 Å². The molecule has 0 spiro atoms. The fourth-order valence-corrected chi connectivity index (χ4v) is 2.63. The van der Waals surface area contributed by atoms with Crippen molar-refractivity contribution in [2.24, 2.45) is 0 Å². The van der Waals surface area contributed by atoms with Gasteiger partial charge in [0.25, 0.3) is 0 Å². The number of carbonyl (C=O) groups excluding carboxylic acids is 1. The van der Waals surface area contributed by atoms with Crippen LogP contribution in [0.3, 0.4) is 0 Å². The fraction of sp³-hybridized carbons (Fsp3) is 0.625. The van der Waals surface area contributed by atoms with Crippen LogP contribution in [0.4, 0.5) is 0 Å². The molecule has 0 bridgehead atoms. The van der Waals surface area contributed by atoms with Crippen LogP contribution in [0, 0.1) is 0 Å². The maximum Gasteiger partial charge on any atom is 0.339 e. The van der Waals surface area contributed by atoms with Crippen molar-refractivity contribution >= 4 is 5.97 Å². The number of nitrogens with zero attached hydrogens (tertiary/aromatic N) is 2. The normalized spacial score (nSPS) is 15.2. The zero-order chi connectivity index (χ0) is 14.7. The largest absolute Gasteiger partial charge is 0.462 e. The first-order valence-electron chi connectivity index (χ1n) is 7.48. The first-order valence-corrected chi connectivity index (χ1v) is 7.48. The van der Waals surface area contributed by atoms with Crippen molar-refractivity contribution in [2.75, 3.05) is 19.7 Å². The fourth-order valence-electron chi connectivity index (χ4n) is 2.63. The molecule has 0 saturated carbocycles. The van der Waals surface area contributed by atoms with Gasteiger partial charge in [-0.2, -0.15) is 0 Å². The van der Waals surface area contributed by atoms with Crippen molar-refractivity contribution in [3.63, 3.8) is 0 Å². The zero-order valence-corrected chi connectivity index (χ0v) is 12.9. The van der Waals surface area contributed by atoms with Crippen LogP contribution in [-0.4, -0.2) is 35.5 Å². The second-order valence-corrected chi connectivity index (χ2v) is 5.52. The molecule has 0 aromatic carbocycles. The standard InChI is InChI=1S/C16H24N2O2/c1-5-18-8-7-14-12(10-18)9-13(16(19)20-6-2)15(17-14)11(3)4/h9,11H,5-8,10H2,1-4H3. The van der Waals surface area contributed by atoms with Crippen LogP contribution < -0.4 is 0 Å². The first-order chi connectivity index (χ1) is 9.56. The number of ether oxygens (including phenoxy) is 1. The molecule has 20 heavy (non-hydrogen) atoms. The predicted molar refractivity (Wildman–Crippen MR) is 78.9 cm³/mol. The first kappa shape index (κ1) is 15.0. The van der Waals surface area contributed by atoms with E-state index in [1.54, 1.807) is 0 Å². The molecule has 0 N–H and O–H groups in total. The van der Waals surface area contributed by atoms with Crippen molar-refractivity contribution in [3.05, 3.63) is 28.6 Å². The number of pyridine rings is 1. The number of aromatic nitrogens is 1. The smallest absolute Gasteiger partial charge is 0.339 e. The Labute approximate surface area is 121 Å². The van der Waals surface area contributed by atoms with E-state index in [1.807, 2.05) is 13.0 Å². The quantitative estimate of drug-likeness (QED) is 0.793. The molecule has 0 radical (unpaired) electrons. The summed E-state index contributed by atoms with van der Waals surface area (Å²) in [7, 11) is 0. The SMILES string of the molecule is CCOC(=O)c1cc2c(nc1C(C)C)CCN(CC)C2. The highest BCUT2D eigenvalue weighted by atomic mass is 16.5. The third kappa shape index (κ3) is 3.01. The molecular weight excluding hydrogens is 252 g/mol. The second-order valence-electron chi connectivity index (χ2n) is 5.52. The molecule has 110 valence electrons. The highest BCUT2D eigenvalue weighted by Gasteiger charge is 2.23. The van der Waals surface area contributed by atoms with E-state index >= 15 is 0 Å². The maximum atomic E-state index is 12.1. The highest BCUT2D eigenvalue weighted by Crippen LogP contribution is 2.25. The van der Waals surface area contributed by atoms with Gasteiger partial charge in [-0.05, 0) is 31.0 Å². The average molecular weight is 276 g/mol. The summed E-state index contributed by atoms with van der Waals surface area (Å²) < 4.78 is 5.17. The van der Waals surface area contributed by atoms with E-state index in [-0.39, 0.29) is 11.9 Å². The Bertz CT molecular complexity index is 497. The van der Waals surface area contributed by atoms with E-state index in [4.69, 9.17) is 9.72 Å². The van der Waals surface area contributed by atoms with E-state index < -0.39 is 0 Å². The van der Waals surface area contributed by atoms with Gasteiger partial charge in [0.2, 0.25) is 0 Å². The molecule has 2 heterocycles. The lowest BCUT2D eigenvalue weighted by atomic mass is 9.97. The Hall–Kier alpha value is -1.42. The zero-order valence-electron chi connectivity index (χ0n) is 12.9. The average Bonchev–Trinajstić information content (AvgIpc) is 2.45. The van der Waals surface area contributed by atoms with E-state index in [0.717, 1.165) is 37.4 Å². The van der Waals surface area contributed by atoms with E-state index in [1.165, 1.54) is 5.56 Å². The molecular formula is C16H24N2O2. The third-order valence-corrected chi connectivity index (χ3v) is 3.77. The van der Waals surface area contributed by atoms with Gasteiger partial charge in [-0.1, -0.05) is 20.8 Å². The molecule has 0 saturated heterocycles. The molecule has 1 aliphatic rings. The summed E-state index contributed by atoms with van der Waals surface area (Å²) in [5.74, 6) is -0.0240. The number of carbonyl (C=O) groups is 1. The number of esters is 1. The summed E-state index contributed by atoms with van der Waals surface area (Å²) in [6.45, 7) is 11.5. The van der Waals surface area contributed by atoms with Crippen LogP contribution in [-0.2, 0) is 17.7 Å². The lowest BCUT2D eigenvalue weighted by Gasteiger charge is -2.28. The van der Waals surface area contributed by atoms with E-state index in [0.29, 0.717) is 12.2 Å². The summed E-state index contributed by atoms with van der Waals surface area (Å²) in [6, 6.07) is 2.00. The van der Waals surface area contributed by atoms with Gasteiger partial charge in [0.1, 0.15) is 0 Å². The van der Waals surface area contributed by atoms with Crippen LogP contribution in [0.25, 0.3) is 0 Å². The summed E-state index contributed by atoms with van der Waals surface area (Å²) in [6.07, 6.45) is 0.964. The van der Waals surface area contributed by atoms with Crippen molar-refractivity contribution in [1.29, 1.82) is 0 Å². The number of hydrogen-bond donors (Lipinski definition) is 0. The van der Waals surface area contributed by atoms with E-state index in [9.17, 15) is 4.79 Å². The number of fused-ring (bicyclic) bond motifs is 1. The molecule has 0 atom stereocenters. The summed E-state index contributed by atoms with van der Waals surface area (Å²) >= 11 is 0. The van der Waals surface area contributed by atoms with Crippen molar-refractivity contribution in [3.8, 4) is 0 Å². The molecule has 2 rings (SSSR count). The molecule has 0 fully saturated rings. The van der Waals surface area contributed by atoms with Gasteiger partial charge in [0, 0.05) is 25.2 Å². The second kappa shape index (κ2) is 6.35. The molecule has 4 nitrogen and oxygen atoms in total. The van der Waals surface area contributed by atoms with Crippen molar-refractivity contribution in [2.45, 2.75) is 46.6 Å². The summed E-state index contributed by atoms with van der Waals surface area (Å²) in [5, 5.41) is 0. The minimum Gasteiger partial charge on any atom is -0.462 e. The Balaban J connectivity index is 2.41. The monoisotopic (exact) mass is 276 g/mol. The molecule has 0 aliphatic carbocycles. The van der Waals surface area contributed by atoms with Crippen LogP contribution in [0.1, 0.15) is 60.9 Å². The van der Waals surface area contributed by atoms with Gasteiger partial charge < -0.3 is 4.74 Å².